The molecule has 1 aromatic carbocycles. The number of pyridine rings is 1. The molecule has 0 spiro atoms. The van der Waals surface area contributed by atoms with Crippen molar-refractivity contribution >= 4 is 15.9 Å². The molecule has 0 saturated heterocycles. The largest absolute Gasteiger partial charge is 0.487 e. The lowest BCUT2D eigenvalue weighted by Crippen LogP contribution is -1.99. The zero-order valence-electron chi connectivity index (χ0n) is 9.94. The summed E-state index contributed by atoms with van der Waals surface area (Å²) in [6.07, 6.45) is 1.60. The molecule has 0 aliphatic heterocycles. The third-order valence-corrected chi connectivity index (χ3v) is 3.09. The van der Waals surface area contributed by atoms with E-state index < -0.39 is 5.82 Å². The van der Waals surface area contributed by atoms with E-state index in [-0.39, 0.29) is 6.61 Å². The highest BCUT2D eigenvalue weighted by molar-refractivity contribution is 9.08. The number of alkyl halides is 1. The topological polar surface area (TPSA) is 45.9 Å². The minimum absolute atomic E-state index is 0.104. The second-order valence-corrected chi connectivity index (χ2v) is 4.39. The molecule has 0 saturated carbocycles. The van der Waals surface area contributed by atoms with Crippen molar-refractivity contribution in [1.29, 1.82) is 5.26 Å². The van der Waals surface area contributed by atoms with Crippen molar-refractivity contribution in [2.24, 2.45) is 0 Å². The van der Waals surface area contributed by atoms with E-state index in [0.29, 0.717) is 22.2 Å². The fraction of sp³-hybridized carbons (Fsp3) is 0.143. The molecule has 5 heteroatoms. The Morgan fingerprint density at radius 2 is 2.16 bits per heavy atom. The number of nitrogens with zero attached hydrogens (tertiary/aromatic N) is 2. The average molecular weight is 321 g/mol. The number of aromatic nitrogens is 1. The summed E-state index contributed by atoms with van der Waals surface area (Å²) >= 11 is 3.30. The van der Waals surface area contributed by atoms with Crippen LogP contribution in [-0.2, 0) is 11.9 Å². The van der Waals surface area contributed by atoms with E-state index in [0.717, 1.165) is 5.69 Å². The van der Waals surface area contributed by atoms with Crippen molar-refractivity contribution in [3.05, 3.63) is 59.2 Å². The van der Waals surface area contributed by atoms with Gasteiger partial charge in [0.15, 0.2) is 0 Å². The van der Waals surface area contributed by atoms with Gasteiger partial charge in [0.1, 0.15) is 18.2 Å². The van der Waals surface area contributed by atoms with Crippen LogP contribution in [0.4, 0.5) is 4.39 Å². The van der Waals surface area contributed by atoms with Crippen LogP contribution in [0, 0.1) is 17.1 Å². The maximum absolute atomic E-state index is 13.6. The van der Waals surface area contributed by atoms with Crippen LogP contribution in [-0.4, -0.2) is 4.98 Å². The molecule has 19 heavy (non-hydrogen) atoms. The summed E-state index contributed by atoms with van der Waals surface area (Å²) in [5.41, 5.74) is 1.60. The minimum atomic E-state index is -0.441. The minimum Gasteiger partial charge on any atom is -0.487 e. The Balaban J connectivity index is 2.04. The molecule has 2 rings (SSSR count). The first kappa shape index (κ1) is 13.5. The Bertz CT molecular complexity index is 608. The molecule has 0 amide bonds. The monoisotopic (exact) mass is 320 g/mol. The Hall–Kier alpha value is -1.93. The van der Waals surface area contributed by atoms with Gasteiger partial charge in [-0.25, -0.2) is 4.39 Å². The summed E-state index contributed by atoms with van der Waals surface area (Å²) in [7, 11) is 0. The number of benzene rings is 1. The molecule has 0 bridgehead atoms. The summed E-state index contributed by atoms with van der Waals surface area (Å²) in [5, 5.41) is 9.33. The molecular weight excluding hydrogens is 311 g/mol. The highest BCUT2D eigenvalue weighted by Gasteiger charge is 2.05. The second kappa shape index (κ2) is 6.30. The van der Waals surface area contributed by atoms with E-state index >= 15 is 0 Å². The quantitative estimate of drug-likeness (QED) is 0.809. The lowest BCUT2D eigenvalue weighted by atomic mass is 10.1. The number of hydrogen-bond donors (Lipinski definition) is 0. The van der Waals surface area contributed by atoms with Crippen molar-refractivity contribution < 1.29 is 9.13 Å². The fourth-order valence-electron chi connectivity index (χ4n) is 1.47. The van der Waals surface area contributed by atoms with Gasteiger partial charge in [0, 0.05) is 10.9 Å². The Labute approximate surface area is 118 Å². The first-order chi connectivity index (χ1) is 9.22. The SMILES string of the molecule is N#Cc1ccc(COc2ccc(CBr)nc2)c(F)c1. The standard InChI is InChI=1S/C14H10BrFN2O/c15-6-12-3-4-13(8-18-12)19-9-11-2-1-10(7-17)5-14(11)16/h1-5,8H,6,9H2. The Morgan fingerprint density at radius 3 is 2.74 bits per heavy atom. The first-order valence-electron chi connectivity index (χ1n) is 5.55. The molecule has 0 N–H and O–H groups in total. The van der Waals surface area contributed by atoms with Gasteiger partial charge < -0.3 is 4.74 Å². The van der Waals surface area contributed by atoms with Crippen LogP contribution in [0.15, 0.2) is 36.5 Å². The van der Waals surface area contributed by atoms with Gasteiger partial charge in [-0.3, -0.25) is 4.98 Å². The third kappa shape index (κ3) is 3.52. The van der Waals surface area contributed by atoms with Crippen molar-refractivity contribution in [3.63, 3.8) is 0 Å². The highest BCUT2D eigenvalue weighted by Crippen LogP contribution is 2.15. The van der Waals surface area contributed by atoms with Crippen LogP contribution in [0.2, 0.25) is 0 Å². The van der Waals surface area contributed by atoms with Crippen molar-refractivity contribution in [3.8, 4) is 11.8 Å². The summed E-state index contributed by atoms with van der Waals surface area (Å²) in [6.45, 7) is 0.104. The molecule has 0 atom stereocenters. The van der Waals surface area contributed by atoms with E-state index in [1.165, 1.54) is 6.07 Å². The zero-order chi connectivity index (χ0) is 13.7. The molecular formula is C14H10BrFN2O. The fourth-order valence-corrected chi connectivity index (χ4v) is 1.80. The van der Waals surface area contributed by atoms with Gasteiger partial charge in [0.25, 0.3) is 0 Å². The molecule has 2 aromatic rings. The molecule has 0 unspecified atom stereocenters. The molecule has 0 aliphatic carbocycles. The summed E-state index contributed by atoms with van der Waals surface area (Å²) < 4.78 is 19.1. The van der Waals surface area contributed by atoms with Crippen molar-refractivity contribution in [2.45, 2.75) is 11.9 Å². The normalized spacial score (nSPS) is 9.95. The summed E-state index contributed by atoms with van der Waals surface area (Å²) in [6, 6.07) is 9.81. The van der Waals surface area contributed by atoms with Gasteiger partial charge in [0.05, 0.1) is 23.5 Å². The molecule has 3 nitrogen and oxygen atoms in total. The van der Waals surface area contributed by atoms with Gasteiger partial charge in [-0.2, -0.15) is 5.26 Å². The van der Waals surface area contributed by atoms with E-state index in [4.69, 9.17) is 10.00 Å². The highest BCUT2D eigenvalue weighted by atomic mass is 79.9. The maximum Gasteiger partial charge on any atom is 0.138 e. The second-order valence-electron chi connectivity index (χ2n) is 3.83. The van der Waals surface area contributed by atoms with E-state index in [9.17, 15) is 4.39 Å². The Morgan fingerprint density at radius 1 is 1.32 bits per heavy atom. The van der Waals surface area contributed by atoms with Crippen molar-refractivity contribution in [2.75, 3.05) is 0 Å². The van der Waals surface area contributed by atoms with E-state index in [1.54, 1.807) is 24.4 Å². The number of halogens is 2. The number of rotatable bonds is 4. The smallest absolute Gasteiger partial charge is 0.138 e. The third-order valence-electron chi connectivity index (χ3n) is 2.51. The molecule has 0 aliphatic rings. The van der Waals surface area contributed by atoms with Crippen LogP contribution in [0.5, 0.6) is 5.75 Å². The van der Waals surface area contributed by atoms with Crippen LogP contribution < -0.4 is 4.74 Å². The van der Waals surface area contributed by atoms with E-state index in [1.807, 2.05) is 12.1 Å². The molecule has 0 fully saturated rings. The van der Waals surface area contributed by atoms with Crippen LogP contribution >= 0.6 is 15.9 Å². The summed E-state index contributed by atoms with van der Waals surface area (Å²) in [4.78, 5) is 4.15. The number of ether oxygens (including phenoxy) is 1. The summed E-state index contributed by atoms with van der Waals surface area (Å²) in [5.74, 6) is 0.137. The Kier molecular flexibility index (Phi) is 4.48. The van der Waals surface area contributed by atoms with Gasteiger partial charge in [0.2, 0.25) is 0 Å². The molecule has 96 valence electrons. The van der Waals surface area contributed by atoms with Crippen LogP contribution in [0.1, 0.15) is 16.8 Å². The lowest BCUT2D eigenvalue weighted by molar-refractivity contribution is 0.298. The number of nitriles is 1. The van der Waals surface area contributed by atoms with Gasteiger partial charge in [-0.05, 0) is 24.3 Å². The van der Waals surface area contributed by atoms with E-state index in [2.05, 4.69) is 20.9 Å². The molecule has 0 radical (unpaired) electrons. The predicted molar refractivity (Wildman–Crippen MR) is 72.3 cm³/mol. The first-order valence-corrected chi connectivity index (χ1v) is 6.67. The van der Waals surface area contributed by atoms with Crippen LogP contribution in [0.3, 0.4) is 0 Å². The molecule has 1 heterocycles. The maximum atomic E-state index is 13.6. The lowest BCUT2D eigenvalue weighted by Gasteiger charge is -2.07. The van der Waals surface area contributed by atoms with Crippen molar-refractivity contribution in [1.82, 2.24) is 4.98 Å². The molecule has 1 aromatic heterocycles. The average Bonchev–Trinajstić information content (AvgIpc) is 2.46. The number of hydrogen-bond acceptors (Lipinski definition) is 3. The van der Waals surface area contributed by atoms with Gasteiger partial charge >= 0.3 is 0 Å². The van der Waals surface area contributed by atoms with Gasteiger partial charge in [-0.1, -0.05) is 22.0 Å². The predicted octanol–water partition coefficient (Wildman–Crippen LogP) is 3.57. The van der Waals surface area contributed by atoms with Crippen LogP contribution in [0.25, 0.3) is 0 Å². The zero-order valence-corrected chi connectivity index (χ0v) is 11.5. The van der Waals surface area contributed by atoms with Gasteiger partial charge in [-0.15, -0.1) is 0 Å².